The number of hydrogen-bond acceptors (Lipinski definition) is 4. The molecule has 0 saturated heterocycles. The predicted octanol–water partition coefficient (Wildman–Crippen LogP) is 6.11. The third kappa shape index (κ3) is 3.99. The predicted molar refractivity (Wildman–Crippen MR) is 126 cm³/mol. The van der Waals surface area contributed by atoms with E-state index in [4.69, 9.17) is 9.47 Å². The molecule has 2 aromatic rings. The molecule has 1 atom stereocenters. The molecule has 0 bridgehead atoms. The average molecular weight is 434 g/mol. The third-order valence-electron chi connectivity index (χ3n) is 6.37. The normalized spacial score (nSPS) is 18.6. The van der Waals surface area contributed by atoms with Crippen LogP contribution in [0.25, 0.3) is 0 Å². The van der Waals surface area contributed by atoms with E-state index >= 15 is 0 Å². The van der Waals surface area contributed by atoms with Crippen LogP contribution < -0.4 is 9.64 Å². The minimum absolute atomic E-state index is 0.155. The Labute approximate surface area is 190 Å². The molecule has 1 aliphatic heterocycles. The van der Waals surface area contributed by atoms with E-state index in [0.29, 0.717) is 12.2 Å². The molecular weight excluding hydrogens is 402 g/mol. The van der Waals surface area contributed by atoms with Gasteiger partial charge in [0.15, 0.2) is 0 Å². The molecule has 1 N–H and O–H groups in total. The van der Waals surface area contributed by atoms with Crippen molar-refractivity contribution < 1.29 is 19.4 Å². The van der Waals surface area contributed by atoms with Crippen molar-refractivity contribution in [3.05, 3.63) is 82.3 Å². The van der Waals surface area contributed by atoms with Crippen LogP contribution in [-0.2, 0) is 4.74 Å². The smallest absolute Gasteiger partial charge is 0.335 e. The fourth-order valence-corrected chi connectivity index (χ4v) is 4.84. The Kier molecular flexibility index (Phi) is 6.54. The summed E-state index contributed by atoms with van der Waals surface area (Å²) in [4.78, 5) is 14.4. The number of carboxylic acid groups (broad SMARTS) is 1. The van der Waals surface area contributed by atoms with Crippen LogP contribution in [0.5, 0.6) is 5.75 Å². The van der Waals surface area contributed by atoms with E-state index in [1.165, 1.54) is 0 Å². The van der Waals surface area contributed by atoms with Crippen molar-refractivity contribution in [1.82, 2.24) is 0 Å². The molecule has 0 saturated carbocycles. The third-order valence-corrected chi connectivity index (χ3v) is 6.37. The molecule has 1 aliphatic carbocycles. The highest BCUT2D eigenvalue weighted by Crippen LogP contribution is 2.50. The summed E-state index contributed by atoms with van der Waals surface area (Å²) in [5, 5.41) is 9.90. The molecule has 0 spiro atoms. The van der Waals surface area contributed by atoms with Gasteiger partial charge < -0.3 is 19.5 Å². The van der Waals surface area contributed by atoms with Gasteiger partial charge in [-0.2, -0.15) is 0 Å². The van der Waals surface area contributed by atoms with Crippen molar-refractivity contribution >= 4 is 11.7 Å². The van der Waals surface area contributed by atoms with Crippen molar-refractivity contribution in [2.75, 3.05) is 24.6 Å². The zero-order valence-corrected chi connectivity index (χ0v) is 19.1. The van der Waals surface area contributed by atoms with E-state index < -0.39 is 5.97 Å². The molecule has 0 amide bonds. The van der Waals surface area contributed by atoms with Crippen molar-refractivity contribution in [2.45, 2.75) is 46.0 Å². The Morgan fingerprint density at radius 1 is 1.12 bits per heavy atom. The topological polar surface area (TPSA) is 59.0 Å². The maximum absolute atomic E-state index is 12.1. The molecule has 4 rings (SSSR count). The Morgan fingerprint density at radius 2 is 1.91 bits per heavy atom. The van der Waals surface area contributed by atoms with Gasteiger partial charge in [-0.05, 0) is 63.3 Å². The maximum atomic E-state index is 12.1. The molecule has 1 unspecified atom stereocenters. The second-order valence-corrected chi connectivity index (χ2v) is 8.13. The minimum atomic E-state index is -0.906. The van der Waals surface area contributed by atoms with Crippen LogP contribution in [0, 0.1) is 0 Å². The number of carboxylic acids is 1. The summed E-state index contributed by atoms with van der Waals surface area (Å²) in [6.45, 7) is 8.66. The summed E-state index contributed by atoms with van der Waals surface area (Å²) in [5.74, 6) is 0.579. The Bertz CT molecular complexity index is 1070. The quantitative estimate of drug-likeness (QED) is 0.534. The van der Waals surface area contributed by atoms with Crippen LogP contribution in [0.3, 0.4) is 0 Å². The number of aromatic carboxylic acids is 1. The molecule has 5 nitrogen and oxygen atoms in total. The van der Waals surface area contributed by atoms with Gasteiger partial charge in [-0.25, -0.2) is 4.79 Å². The van der Waals surface area contributed by atoms with Crippen molar-refractivity contribution in [2.24, 2.45) is 0 Å². The summed E-state index contributed by atoms with van der Waals surface area (Å²) in [7, 11) is 0. The highest BCUT2D eigenvalue weighted by Gasteiger charge is 2.36. The highest BCUT2D eigenvalue weighted by atomic mass is 16.5. The van der Waals surface area contributed by atoms with Gasteiger partial charge in [0.25, 0.3) is 0 Å². The molecule has 0 aromatic heterocycles. The fourth-order valence-electron chi connectivity index (χ4n) is 4.84. The largest absolute Gasteiger partial charge is 0.501 e. The van der Waals surface area contributed by atoms with Crippen LogP contribution in [0.2, 0.25) is 0 Å². The second kappa shape index (κ2) is 9.51. The SMILES string of the molecule is CCOC=C1CCCC2=C1Oc1cc(N(CC)CC)ccc1C2c1ccccc1C(=O)O. The number of benzene rings is 2. The summed E-state index contributed by atoms with van der Waals surface area (Å²) < 4.78 is 12.2. The Hall–Kier alpha value is -3.21. The first kappa shape index (κ1) is 22.0. The molecule has 0 radical (unpaired) electrons. The monoisotopic (exact) mass is 433 g/mol. The van der Waals surface area contributed by atoms with Gasteiger partial charge in [-0.1, -0.05) is 24.3 Å². The van der Waals surface area contributed by atoms with Crippen LogP contribution in [0.15, 0.2) is 65.6 Å². The van der Waals surface area contributed by atoms with Gasteiger partial charge in [0.05, 0.1) is 18.4 Å². The van der Waals surface area contributed by atoms with Crippen LogP contribution in [0.4, 0.5) is 5.69 Å². The lowest BCUT2D eigenvalue weighted by molar-refractivity contribution is 0.0695. The molecule has 0 fully saturated rings. The Balaban J connectivity index is 1.92. The van der Waals surface area contributed by atoms with E-state index in [1.807, 2.05) is 25.3 Å². The van der Waals surface area contributed by atoms with Crippen molar-refractivity contribution in [3.63, 3.8) is 0 Å². The first-order valence-corrected chi connectivity index (χ1v) is 11.5. The van der Waals surface area contributed by atoms with Gasteiger partial charge in [-0.3, -0.25) is 0 Å². The standard InChI is InChI=1S/C27H31NO4/c1-4-28(5-2)19-14-15-22-24(16-19)32-26-18(17-31-6-3)10-9-13-23(26)25(22)20-11-7-8-12-21(20)27(29)30/h7-8,11-12,14-17,25H,4-6,9-10,13H2,1-3H3,(H,29,30). The van der Waals surface area contributed by atoms with Gasteiger partial charge in [-0.15, -0.1) is 0 Å². The fraction of sp³-hybridized carbons (Fsp3) is 0.370. The first-order valence-electron chi connectivity index (χ1n) is 11.5. The van der Waals surface area contributed by atoms with E-state index in [0.717, 1.165) is 71.8 Å². The number of allylic oxidation sites excluding steroid dienone is 2. The number of hydrogen-bond donors (Lipinski definition) is 1. The van der Waals surface area contributed by atoms with E-state index in [-0.39, 0.29) is 5.92 Å². The summed E-state index contributed by atoms with van der Waals surface area (Å²) in [6, 6.07) is 13.7. The summed E-state index contributed by atoms with van der Waals surface area (Å²) >= 11 is 0. The number of rotatable bonds is 7. The summed E-state index contributed by atoms with van der Waals surface area (Å²) in [5.41, 5.74) is 5.46. The van der Waals surface area contributed by atoms with Gasteiger partial charge in [0, 0.05) is 41.9 Å². The van der Waals surface area contributed by atoms with E-state index in [2.05, 4.69) is 36.9 Å². The molecule has 168 valence electrons. The van der Waals surface area contributed by atoms with Crippen molar-refractivity contribution in [1.29, 1.82) is 0 Å². The van der Waals surface area contributed by atoms with Crippen LogP contribution in [0.1, 0.15) is 67.4 Å². The maximum Gasteiger partial charge on any atom is 0.335 e. The highest BCUT2D eigenvalue weighted by molar-refractivity contribution is 5.90. The van der Waals surface area contributed by atoms with Crippen molar-refractivity contribution in [3.8, 4) is 5.75 Å². The zero-order valence-electron chi connectivity index (χ0n) is 19.1. The Morgan fingerprint density at radius 3 is 2.62 bits per heavy atom. The molecule has 2 aliphatic rings. The van der Waals surface area contributed by atoms with Gasteiger partial charge in [0.1, 0.15) is 11.5 Å². The lowest BCUT2D eigenvalue weighted by Gasteiger charge is -2.36. The first-order chi connectivity index (χ1) is 15.6. The zero-order chi connectivity index (χ0) is 22.7. The van der Waals surface area contributed by atoms with Crippen LogP contribution in [-0.4, -0.2) is 30.8 Å². The molecular formula is C27H31NO4. The molecule has 32 heavy (non-hydrogen) atoms. The second-order valence-electron chi connectivity index (χ2n) is 8.13. The lowest BCUT2D eigenvalue weighted by atomic mass is 9.75. The average Bonchev–Trinajstić information content (AvgIpc) is 2.82. The number of nitrogens with zero attached hydrogens (tertiary/aromatic N) is 1. The van der Waals surface area contributed by atoms with Crippen LogP contribution >= 0.6 is 0 Å². The number of anilines is 1. The van der Waals surface area contributed by atoms with Gasteiger partial charge >= 0.3 is 5.97 Å². The summed E-state index contributed by atoms with van der Waals surface area (Å²) in [6.07, 6.45) is 4.56. The number of fused-ring (bicyclic) bond motifs is 1. The van der Waals surface area contributed by atoms with E-state index in [9.17, 15) is 9.90 Å². The number of carbonyl (C=O) groups is 1. The number of ether oxygens (including phenoxy) is 2. The van der Waals surface area contributed by atoms with E-state index in [1.54, 1.807) is 12.1 Å². The molecule has 2 aromatic carbocycles. The molecule has 5 heteroatoms. The molecule has 1 heterocycles. The van der Waals surface area contributed by atoms with Gasteiger partial charge in [0.2, 0.25) is 0 Å². The lowest BCUT2D eigenvalue weighted by Crippen LogP contribution is -2.24. The minimum Gasteiger partial charge on any atom is -0.501 e.